The van der Waals surface area contributed by atoms with Crippen molar-refractivity contribution < 1.29 is 0 Å². The third kappa shape index (κ3) is 3.01. The lowest BCUT2D eigenvalue weighted by Gasteiger charge is -2.46. The van der Waals surface area contributed by atoms with Crippen LogP contribution < -0.4 is 5.73 Å². The maximum Gasteiger partial charge on any atom is 0.0252 e. The van der Waals surface area contributed by atoms with E-state index in [0.717, 1.165) is 0 Å². The molecule has 2 rings (SSSR count). The van der Waals surface area contributed by atoms with E-state index < -0.39 is 0 Å². The first-order valence-electron chi connectivity index (χ1n) is 7.19. The maximum atomic E-state index is 6.52. The molecule has 1 saturated carbocycles. The molecule has 0 bridgehead atoms. The number of hydrogen-bond donors (Lipinski definition) is 1. The Bertz CT molecular complexity index is 252. The molecule has 2 unspecified atom stereocenters. The SMILES string of the molecule is CN1CCCN(C2CCCC(C)(C)C2N)CC1. The summed E-state index contributed by atoms with van der Waals surface area (Å²) in [5, 5.41) is 0. The van der Waals surface area contributed by atoms with Gasteiger partial charge in [0.2, 0.25) is 0 Å². The zero-order valence-corrected chi connectivity index (χ0v) is 11.8. The summed E-state index contributed by atoms with van der Waals surface area (Å²) >= 11 is 0. The van der Waals surface area contributed by atoms with Gasteiger partial charge in [0.05, 0.1) is 0 Å². The smallest absolute Gasteiger partial charge is 0.0252 e. The summed E-state index contributed by atoms with van der Waals surface area (Å²) in [6.45, 7) is 9.55. The molecular formula is C14H29N3. The number of rotatable bonds is 1. The van der Waals surface area contributed by atoms with Crippen molar-refractivity contribution in [3.8, 4) is 0 Å². The lowest BCUT2D eigenvalue weighted by molar-refractivity contribution is 0.0706. The van der Waals surface area contributed by atoms with Crippen LogP contribution in [0.4, 0.5) is 0 Å². The highest BCUT2D eigenvalue weighted by Gasteiger charge is 2.39. The molecule has 0 aromatic rings. The minimum Gasteiger partial charge on any atom is -0.326 e. The van der Waals surface area contributed by atoms with Crippen molar-refractivity contribution in [2.45, 2.75) is 51.6 Å². The van der Waals surface area contributed by atoms with E-state index in [-0.39, 0.29) is 0 Å². The summed E-state index contributed by atoms with van der Waals surface area (Å²) in [7, 11) is 2.23. The van der Waals surface area contributed by atoms with Gasteiger partial charge < -0.3 is 10.6 Å². The van der Waals surface area contributed by atoms with Crippen LogP contribution in [0.2, 0.25) is 0 Å². The minimum atomic E-state index is 0.321. The standard InChI is InChI=1S/C14H29N3/c1-14(2)7-4-6-12(13(14)15)17-9-5-8-16(3)10-11-17/h12-13H,4-11,15H2,1-3H3. The number of hydrogen-bond acceptors (Lipinski definition) is 3. The van der Waals surface area contributed by atoms with Gasteiger partial charge in [-0.25, -0.2) is 0 Å². The van der Waals surface area contributed by atoms with Crippen molar-refractivity contribution in [2.75, 3.05) is 33.2 Å². The molecule has 1 heterocycles. The molecule has 0 aromatic carbocycles. The van der Waals surface area contributed by atoms with Crippen molar-refractivity contribution in [3.63, 3.8) is 0 Å². The number of nitrogens with two attached hydrogens (primary N) is 1. The quantitative estimate of drug-likeness (QED) is 0.753. The van der Waals surface area contributed by atoms with E-state index >= 15 is 0 Å². The molecule has 0 spiro atoms. The largest absolute Gasteiger partial charge is 0.326 e. The van der Waals surface area contributed by atoms with Gasteiger partial charge >= 0.3 is 0 Å². The van der Waals surface area contributed by atoms with Crippen LogP contribution in [-0.2, 0) is 0 Å². The summed E-state index contributed by atoms with van der Waals surface area (Å²) < 4.78 is 0. The Labute approximate surface area is 106 Å². The van der Waals surface area contributed by atoms with Crippen LogP contribution in [0.5, 0.6) is 0 Å². The van der Waals surface area contributed by atoms with Crippen LogP contribution in [0.25, 0.3) is 0 Å². The van der Waals surface area contributed by atoms with E-state index in [1.807, 2.05) is 0 Å². The lowest BCUT2D eigenvalue weighted by Crippen LogP contribution is -2.57. The second-order valence-corrected chi connectivity index (χ2v) is 6.67. The zero-order chi connectivity index (χ0) is 12.5. The fourth-order valence-corrected chi connectivity index (χ4v) is 3.44. The average Bonchev–Trinajstić information content (AvgIpc) is 2.47. The van der Waals surface area contributed by atoms with Crippen molar-refractivity contribution in [1.82, 2.24) is 9.80 Å². The molecular weight excluding hydrogens is 210 g/mol. The first-order valence-corrected chi connectivity index (χ1v) is 7.19. The second-order valence-electron chi connectivity index (χ2n) is 6.67. The topological polar surface area (TPSA) is 32.5 Å². The van der Waals surface area contributed by atoms with E-state index in [2.05, 4.69) is 30.7 Å². The predicted octanol–water partition coefficient (Wildman–Crippen LogP) is 1.53. The molecule has 1 saturated heterocycles. The Morgan fingerprint density at radius 1 is 1.06 bits per heavy atom. The highest BCUT2D eigenvalue weighted by molar-refractivity contribution is 4.96. The summed E-state index contributed by atoms with van der Waals surface area (Å²) in [5.74, 6) is 0. The number of likely N-dealkylation sites (N-methyl/N-ethyl adjacent to an activating group) is 1. The van der Waals surface area contributed by atoms with Crippen molar-refractivity contribution in [1.29, 1.82) is 0 Å². The Morgan fingerprint density at radius 2 is 1.82 bits per heavy atom. The zero-order valence-electron chi connectivity index (χ0n) is 11.8. The summed E-state index contributed by atoms with van der Waals surface area (Å²) in [6, 6.07) is 0.963. The van der Waals surface area contributed by atoms with Crippen LogP contribution in [0.1, 0.15) is 39.5 Å². The van der Waals surface area contributed by atoms with Gasteiger partial charge in [-0.1, -0.05) is 20.3 Å². The third-order valence-corrected chi connectivity index (χ3v) is 4.86. The predicted molar refractivity (Wildman–Crippen MR) is 73.1 cm³/mol. The van der Waals surface area contributed by atoms with Gasteiger partial charge in [-0.15, -0.1) is 0 Å². The number of nitrogens with zero attached hydrogens (tertiary/aromatic N) is 2. The van der Waals surface area contributed by atoms with E-state index in [1.165, 1.54) is 51.9 Å². The fourth-order valence-electron chi connectivity index (χ4n) is 3.44. The lowest BCUT2D eigenvalue weighted by atomic mass is 9.71. The van der Waals surface area contributed by atoms with Gasteiger partial charge in [0.25, 0.3) is 0 Å². The summed E-state index contributed by atoms with van der Waals surface area (Å²) in [5.41, 5.74) is 6.84. The first-order chi connectivity index (χ1) is 8.00. The molecule has 17 heavy (non-hydrogen) atoms. The Morgan fingerprint density at radius 3 is 2.59 bits per heavy atom. The van der Waals surface area contributed by atoms with Crippen LogP contribution >= 0.6 is 0 Å². The van der Waals surface area contributed by atoms with Crippen LogP contribution in [0.3, 0.4) is 0 Å². The molecule has 1 aliphatic heterocycles. The molecule has 0 radical (unpaired) electrons. The average molecular weight is 239 g/mol. The van der Waals surface area contributed by atoms with Crippen LogP contribution in [0, 0.1) is 5.41 Å². The molecule has 2 N–H and O–H groups in total. The highest BCUT2D eigenvalue weighted by atomic mass is 15.2. The second kappa shape index (κ2) is 5.25. The van der Waals surface area contributed by atoms with Crippen molar-refractivity contribution in [3.05, 3.63) is 0 Å². The minimum absolute atomic E-state index is 0.321. The molecule has 0 aromatic heterocycles. The van der Waals surface area contributed by atoms with E-state index in [1.54, 1.807) is 0 Å². The Kier molecular flexibility index (Phi) is 4.11. The molecule has 2 aliphatic rings. The normalized spacial score (nSPS) is 36.7. The molecule has 100 valence electrons. The van der Waals surface area contributed by atoms with Gasteiger partial charge in [-0.2, -0.15) is 0 Å². The Hall–Kier alpha value is -0.120. The Balaban J connectivity index is 2.00. The van der Waals surface area contributed by atoms with Gasteiger partial charge in [0.1, 0.15) is 0 Å². The fraction of sp³-hybridized carbons (Fsp3) is 1.00. The van der Waals surface area contributed by atoms with E-state index in [9.17, 15) is 0 Å². The molecule has 3 nitrogen and oxygen atoms in total. The van der Waals surface area contributed by atoms with Crippen molar-refractivity contribution in [2.24, 2.45) is 11.1 Å². The van der Waals surface area contributed by atoms with E-state index in [0.29, 0.717) is 17.5 Å². The summed E-state index contributed by atoms with van der Waals surface area (Å²) in [6.07, 6.45) is 5.23. The van der Waals surface area contributed by atoms with Gasteiger partial charge in [0.15, 0.2) is 0 Å². The maximum absolute atomic E-state index is 6.52. The molecule has 3 heteroatoms. The van der Waals surface area contributed by atoms with E-state index in [4.69, 9.17) is 5.73 Å². The first kappa shape index (κ1) is 13.3. The van der Waals surface area contributed by atoms with Crippen LogP contribution in [-0.4, -0.2) is 55.1 Å². The van der Waals surface area contributed by atoms with Gasteiger partial charge in [-0.05, 0) is 44.8 Å². The van der Waals surface area contributed by atoms with Crippen molar-refractivity contribution >= 4 is 0 Å². The third-order valence-electron chi connectivity index (χ3n) is 4.86. The molecule has 0 amide bonds. The van der Waals surface area contributed by atoms with Gasteiger partial charge in [0, 0.05) is 25.2 Å². The molecule has 2 atom stereocenters. The highest BCUT2D eigenvalue weighted by Crippen LogP contribution is 2.36. The summed E-state index contributed by atoms with van der Waals surface area (Å²) in [4.78, 5) is 5.11. The molecule has 1 aliphatic carbocycles. The molecule has 2 fully saturated rings. The van der Waals surface area contributed by atoms with Crippen LogP contribution in [0.15, 0.2) is 0 Å². The monoisotopic (exact) mass is 239 g/mol. The van der Waals surface area contributed by atoms with Gasteiger partial charge in [-0.3, -0.25) is 4.90 Å².